The molecule has 6 heteroatoms. The minimum absolute atomic E-state index is 0.0455. The zero-order chi connectivity index (χ0) is 18.6. The van der Waals surface area contributed by atoms with Crippen LogP contribution in [0, 0.1) is 5.92 Å². The highest BCUT2D eigenvalue weighted by atomic mass is 16.5. The van der Waals surface area contributed by atoms with E-state index in [1.807, 2.05) is 29.2 Å². The lowest BCUT2D eigenvalue weighted by Gasteiger charge is -2.32. The van der Waals surface area contributed by atoms with Gasteiger partial charge in [0.1, 0.15) is 17.7 Å². The van der Waals surface area contributed by atoms with E-state index in [0.29, 0.717) is 24.7 Å². The Morgan fingerprint density at radius 1 is 1.19 bits per heavy atom. The summed E-state index contributed by atoms with van der Waals surface area (Å²) in [6.45, 7) is 3.58. The quantitative estimate of drug-likeness (QED) is 0.849. The van der Waals surface area contributed by atoms with Crippen LogP contribution in [-0.4, -0.2) is 46.0 Å². The molecule has 4 rings (SSSR count). The van der Waals surface area contributed by atoms with Gasteiger partial charge >= 0.3 is 0 Å². The van der Waals surface area contributed by atoms with E-state index in [1.54, 1.807) is 18.6 Å². The molecule has 0 spiro atoms. The van der Waals surface area contributed by atoms with Gasteiger partial charge in [-0.2, -0.15) is 0 Å². The van der Waals surface area contributed by atoms with E-state index in [4.69, 9.17) is 4.74 Å². The molecule has 1 saturated carbocycles. The van der Waals surface area contributed by atoms with Crippen molar-refractivity contribution in [1.29, 1.82) is 0 Å². The van der Waals surface area contributed by atoms with Gasteiger partial charge in [-0.1, -0.05) is 0 Å². The van der Waals surface area contributed by atoms with Crippen LogP contribution >= 0.6 is 0 Å². The van der Waals surface area contributed by atoms with E-state index < -0.39 is 0 Å². The Labute approximate surface area is 160 Å². The Hall–Kier alpha value is -2.63. The number of aromatic nitrogens is 2. The van der Waals surface area contributed by atoms with Gasteiger partial charge in [0.2, 0.25) is 0 Å². The first-order valence-electron chi connectivity index (χ1n) is 9.77. The lowest BCUT2D eigenvalue weighted by atomic mass is 10.1. The van der Waals surface area contributed by atoms with Crippen LogP contribution in [-0.2, 0) is 0 Å². The van der Waals surface area contributed by atoms with Crippen molar-refractivity contribution < 1.29 is 9.53 Å². The molecule has 1 N–H and O–H groups in total. The lowest BCUT2D eigenvalue weighted by molar-refractivity contribution is 0.0594. The van der Waals surface area contributed by atoms with Crippen LogP contribution in [0.2, 0.25) is 0 Å². The summed E-state index contributed by atoms with van der Waals surface area (Å²) in [5, 5.41) is 3.42. The van der Waals surface area contributed by atoms with Crippen LogP contribution in [0.3, 0.4) is 0 Å². The van der Waals surface area contributed by atoms with Gasteiger partial charge in [-0.15, -0.1) is 0 Å². The molecule has 2 aliphatic rings. The number of carbonyl (C=O) groups is 1. The highest BCUT2D eigenvalue weighted by Gasteiger charge is 2.28. The fraction of sp³-hybridized carbons (Fsp3) is 0.476. The molecule has 2 aromatic heterocycles. The molecule has 0 aromatic carbocycles. The summed E-state index contributed by atoms with van der Waals surface area (Å²) in [4.78, 5) is 23.1. The van der Waals surface area contributed by atoms with Gasteiger partial charge in [-0.3, -0.25) is 9.78 Å². The van der Waals surface area contributed by atoms with Crippen molar-refractivity contribution in [2.24, 2.45) is 5.92 Å². The number of ether oxygens (including phenoxy) is 1. The minimum atomic E-state index is 0.0455. The van der Waals surface area contributed by atoms with E-state index in [-0.39, 0.29) is 12.0 Å². The maximum atomic E-state index is 12.7. The monoisotopic (exact) mass is 366 g/mol. The molecule has 0 radical (unpaired) electrons. The summed E-state index contributed by atoms with van der Waals surface area (Å²) >= 11 is 0. The first kappa shape index (κ1) is 17.8. The fourth-order valence-corrected chi connectivity index (χ4v) is 3.52. The Kier molecular flexibility index (Phi) is 5.23. The van der Waals surface area contributed by atoms with Crippen LogP contribution in [0.15, 0.2) is 42.9 Å². The molecule has 1 amide bonds. The lowest BCUT2D eigenvalue weighted by Crippen LogP contribution is -2.41. The summed E-state index contributed by atoms with van der Waals surface area (Å²) in [6, 6.07) is 8.00. The van der Waals surface area contributed by atoms with Gasteiger partial charge in [0.05, 0.1) is 11.8 Å². The van der Waals surface area contributed by atoms with Gasteiger partial charge in [0.15, 0.2) is 0 Å². The zero-order valence-corrected chi connectivity index (χ0v) is 15.7. The van der Waals surface area contributed by atoms with E-state index >= 15 is 0 Å². The van der Waals surface area contributed by atoms with Crippen molar-refractivity contribution in [3.05, 3.63) is 48.4 Å². The topological polar surface area (TPSA) is 67.4 Å². The molecule has 1 saturated heterocycles. The molecule has 27 heavy (non-hydrogen) atoms. The number of nitrogens with one attached hydrogen (secondary N) is 1. The number of piperidine rings is 1. The first-order chi connectivity index (χ1) is 13.2. The van der Waals surface area contributed by atoms with E-state index in [2.05, 4.69) is 22.2 Å². The number of rotatable bonds is 6. The van der Waals surface area contributed by atoms with E-state index in [0.717, 1.165) is 30.3 Å². The highest BCUT2D eigenvalue weighted by Crippen LogP contribution is 2.33. The maximum Gasteiger partial charge on any atom is 0.255 e. The second kappa shape index (κ2) is 7.94. The smallest absolute Gasteiger partial charge is 0.255 e. The van der Waals surface area contributed by atoms with Crippen molar-refractivity contribution >= 4 is 11.7 Å². The van der Waals surface area contributed by atoms with E-state index in [1.165, 1.54) is 12.8 Å². The van der Waals surface area contributed by atoms with Crippen molar-refractivity contribution in [3.8, 4) is 5.75 Å². The average molecular weight is 366 g/mol. The maximum absolute atomic E-state index is 12.7. The number of pyridine rings is 2. The minimum Gasteiger partial charge on any atom is -0.489 e. The molecule has 1 atom stereocenters. The fourth-order valence-electron chi connectivity index (χ4n) is 3.52. The Bertz CT molecular complexity index is 754. The number of likely N-dealkylation sites (tertiary alicyclic amines) is 1. The summed E-state index contributed by atoms with van der Waals surface area (Å²) in [7, 11) is 0. The van der Waals surface area contributed by atoms with Gasteiger partial charge in [0, 0.05) is 44.4 Å². The van der Waals surface area contributed by atoms with Crippen LogP contribution in [0.4, 0.5) is 5.82 Å². The van der Waals surface area contributed by atoms with E-state index in [9.17, 15) is 4.79 Å². The third kappa shape index (κ3) is 4.56. The molecular formula is C21H26N4O2. The number of amides is 1. The molecule has 3 heterocycles. The van der Waals surface area contributed by atoms with Gasteiger partial charge in [0.25, 0.3) is 5.91 Å². The zero-order valence-electron chi connectivity index (χ0n) is 15.7. The SMILES string of the molecule is CC(Nc1ccc(C(=O)N2CCC(Oc3cccnc3)CC2)cn1)C1CC1. The van der Waals surface area contributed by atoms with Crippen LogP contribution in [0.1, 0.15) is 43.0 Å². The molecule has 1 unspecified atom stereocenters. The number of anilines is 1. The van der Waals surface area contributed by atoms with Crippen molar-refractivity contribution in [1.82, 2.24) is 14.9 Å². The molecule has 1 aliphatic heterocycles. The van der Waals surface area contributed by atoms with Crippen LogP contribution in [0.5, 0.6) is 5.75 Å². The predicted molar refractivity (Wildman–Crippen MR) is 104 cm³/mol. The second-order valence-electron chi connectivity index (χ2n) is 7.50. The van der Waals surface area contributed by atoms with Crippen molar-refractivity contribution in [3.63, 3.8) is 0 Å². The average Bonchev–Trinajstić information content (AvgIpc) is 3.55. The van der Waals surface area contributed by atoms with Gasteiger partial charge in [-0.05, 0) is 49.9 Å². The standard InChI is InChI=1S/C21H26N4O2/c1-15(16-4-5-16)24-20-7-6-17(13-23-20)21(26)25-11-8-18(9-12-25)27-19-3-2-10-22-14-19/h2-3,6-7,10,13-16,18H,4-5,8-9,11-12H2,1H3,(H,23,24). The number of carbonyl (C=O) groups excluding carboxylic acids is 1. The Balaban J connectivity index is 1.28. The number of hydrogen-bond donors (Lipinski definition) is 1. The molecule has 1 aliphatic carbocycles. The molecule has 2 aromatic rings. The van der Waals surface area contributed by atoms with Gasteiger partial charge in [-0.25, -0.2) is 4.98 Å². The largest absolute Gasteiger partial charge is 0.489 e. The summed E-state index contributed by atoms with van der Waals surface area (Å²) in [6.07, 6.45) is 9.52. The summed E-state index contributed by atoms with van der Waals surface area (Å²) in [5.41, 5.74) is 0.645. The Morgan fingerprint density at radius 2 is 2.00 bits per heavy atom. The number of nitrogens with zero attached hydrogens (tertiary/aromatic N) is 3. The molecule has 142 valence electrons. The molecule has 0 bridgehead atoms. The molecule has 2 fully saturated rings. The summed E-state index contributed by atoms with van der Waals surface area (Å²) in [5.74, 6) is 2.44. The van der Waals surface area contributed by atoms with Crippen molar-refractivity contribution in [2.75, 3.05) is 18.4 Å². The molecule has 6 nitrogen and oxygen atoms in total. The third-order valence-electron chi connectivity index (χ3n) is 5.38. The summed E-state index contributed by atoms with van der Waals surface area (Å²) < 4.78 is 5.95. The Morgan fingerprint density at radius 3 is 2.63 bits per heavy atom. The third-order valence-corrected chi connectivity index (χ3v) is 5.38. The molecular weight excluding hydrogens is 340 g/mol. The highest BCUT2D eigenvalue weighted by molar-refractivity contribution is 5.94. The first-order valence-corrected chi connectivity index (χ1v) is 9.77. The van der Waals surface area contributed by atoms with Crippen LogP contribution in [0.25, 0.3) is 0 Å². The second-order valence-corrected chi connectivity index (χ2v) is 7.50. The normalized spacial score (nSPS) is 18.8. The number of hydrogen-bond acceptors (Lipinski definition) is 5. The van der Waals surface area contributed by atoms with Crippen molar-refractivity contribution in [2.45, 2.75) is 44.8 Å². The van der Waals surface area contributed by atoms with Gasteiger partial charge < -0.3 is 15.0 Å². The predicted octanol–water partition coefficient (Wildman–Crippen LogP) is 3.37. The van der Waals surface area contributed by atoms with Crippen LogP contribution < -0.4 is 10.1 Å².